The lowest BCUT2D eigenvalue weighted by Gasteiger charge is -2.36. The van der Waals surface area contributed by atoms with E-state index in [-0.39, 0.29) is 35.7 Å². The molecule has 0 N–H and O–H groups in total. The number of benzene rings is 5. The van der Waals surface area contributed by atoms with Gasteiger partial charge in [-0.3, -0.25) is 29.0 Å². The van der Waals surface area contributed by atoms with E-state index in [9.17, 15) is 19.2 Å². The molecule has 5 aromatic rings. The van der Waals surface area contributed by atoms with Crippen molar-refractivity contribution in [2.45, 2.75) is 182 Å². The Morgan fingerprint density at radius 1 is 0.387 bits per heavy atom. The largest absolute Gasteiger partial charge is 0.493 e. The molecule has 62 heavy (non-hydrogen) atoms. The van der Waals surface area contributed by atoms with Crippen LogP contribution in [-0.2, 0) is 0 Å². The summed E-state index contributed by atoms with van der Waals surface area (Å²) >= 11 is 0. The zero-order chi connectivity index (χ0) is 43.9. The molecule has 0 radical (unpaired) electrons. The van der Waals surface area contributed by atoms with Gasteiger partial charge in [-0.15, -0.1) is 0 Å². The number of hydrogen-bond acceptors (Lipinski definition) is 6. The number of nitrogens with zero attached hydrogens (tertiary/aromatic N) is 2. The lowest BCUT2D eigenvalue weighted by molar-refractivity contribution is 0.0501. The minimum atomic E-state index is -0.271. The normalized spacial score (nSPS) is 14.1. The minimum absolute atomic E-state index is 0.160. The topological polar surface area (TPSA) is 93.2 Å². The average Bonchev–Trinajstić information content (AvgIpc) is 3.27. The molecule has 0 fully saturated rings. The van der Waals surface area contributed by atoms with Crippen LogP contribution in [0.1, 0.15) is 211 Å². The molecule has 0 bridgehead atoms. The van der Waals surface area contributed by atoms with Gasteiger partial charge in [0.15, 0.2) is 0 Å². The Kier molecular flexibility index (Phi) is 15.1. The quantitative estimate of drug-likeness (QED) is 0.0238. The molecule has 0 saturated carbocycles. The average molecular weight is 843 g/mol. The Labute approximate surface area is 369 Å². The molecule has 8 heteroatoms. The number of carbonyl (C=O) groups excluding carboxylic acids is 4. The molecule has 2 aliphatic heterocycles. The number of hydrogen-bond donors (Lipinski definition) is 0. The first kappa shape index (κ1) is 45.3. The molecule has 0 aliphatic carbocycles. The number of ether oxygens (including phenoxy) is 2. The van der Waals surface area contributed by atoms with Crippen LogP contribution in [-0.4, -0.2) is 58.7 Å². The molecule has 0 unspecified atom stereocenters. The third kappa shape index (κ3) is 8.40. The van der Waals surface area contributed by atoms with E-state index in [1.165, 1.54) is 0 Å². The minimum Gasteiger partial charge on any atom is -0.493 e. The van der Waals surface area contributed by atoms with Crippen molar-refractivity contribution >= 4 is 66.7 Å². The van der Waals surface area contributed by atoms with Gasteiger partial charge >= 0.3 is 0 Å². The number of carbonyl (C=O) groups is 4. The van der Waals surface area contributed by atoms with Crippen LogP contribution in [0.2, 0.25) is 0 Å². The van der Waals surface area contributed by atoms with Crippen molar-refractivity contribution < 1.29 is 28.7 Å². The fourth-order valence-electron chi connectivity index (χ4n) is 10.7. The van der Waals surface area contributed by atoms with Crippen LogP contribution in [0.3, 0.4) is 0 Å². The van der Waals surface area contributed by atoms with E-state index in [0.717, 1.165) is 161 Å². The number of rotatable bonds is 26. The lowest BCUT2D eigenvalue weighted by atomic mass is 9.81. The zero-order valence-electron chi connectivity index (χ0n) is 38.5. The number of imide groups is 2. The van der Waals surface area contributed by atoms with Crippen molar-refractivity contribution in [3.05, 3.63) is 58.7 Å². The molecule has 0 atom stereocenters. The molecule has 8 nitrogen and oxygen atoms in total. The molecule has 7 rings (SSSR count). The van der Waals surface area contributed by atoms with Crippen molar-refractivity contribution in [2.75, 3.05) is 13.2 Å². The fraction of sp³-hybridized carbons (Fsp3) is 0.556. The number of unbranched alkanes of at least 4 members (excludes halogenated alkanes) is 12. The van der Waals surface area contributed by atoms with Crippen molar-refractivity contribution in [3.8, 4) is 11.5 Å². The SMILES string of the molecule is CCCCCCC(CCCCCC)N1C(=O)c2ccc3c4c(OCC)cc5c6c(cc(OCC)c(c7ccc(c2c37)C1=O)c64)C(=O)N(C(CCCCCC)CCCCCC)C5=O. The first-order valence-corrected chi connectivity index (χ1v) is 24.6. The van der Waals surface area contributed by atoms with Crippen molar-refractivity contribution in [2.24, 2.45) is 0 Å². The van der Waals surface area contributed by atoms with Gasteiger partial charge in [0.1, 0.15) is 11.5 Å². The molecule has 332 valence electrons. The maximum atomic E-state index is 15.0. The van der Waals surface area contributed by atoms with Gasteiger partial charge in [-0.05, 0) is 80.0 Å². The summed E-state index contributed by atoms with van der Waals surface area (Å²) in [6, 6.07) is 11.1. The van der Waals surface area contributed by atoms with Crippen LogP contribution in [0.4, 0.5) is 0 Å². The summed E-state index contributed by atoms with van der Waals surface area (Å²) in [5.74, 6) is 0.0787. The molecule has 2 aliphatic rings. The second-order valence-electron chi connectivity index (χ2n) is 17.9. The van der Waals surface area contributed by atoms with E-state index >= 15 is 0 Å². The van der Waals surface area contributed by atoms with E-state index in [2.05, 4.69) is 27.7 Å². The van der Waals surface area contributed by atoms with E-state index in [1.807, 2.05) is 50.2 Å². The van der Waals surface area contributed by atoms with E-state index in [4.69, 9.17) is 9.47 Å². The zero-order valence-corrected chi connectivity index (χ0v) is 38.5. The summed E-state index contributed by atoms with van der Waals surface area (Å²) < 4.78 is 13.0. The highest BCUT2D eigenvalue weighted by Gasteiger charge is 2.42. The lowest BCUT2D eigenvalue weighted by Crippen LogP contribution is -2.47. The highest BCUT2D eigenvalue weighted by Crippen LogP contribution is 2.52. The Balaban J connectivity index is 1.42. The number of amides is 4. The third-order valence-electron chi connectivity index (χ3n) is 13.7. The third-order valence-corrected chi connectivity index (χ3v) is 13.7. The van der Waals surface area contributed by atoms with Gasteiger partial charge < -0.3 is 9.47 Å². The van der Waals surface area contributed by atoms with Gasteiger partial charge in [0.05, 0.1) is 24.3 Å². The predicted octanol–water partition coefficient (Wildman–Crippen LogP) is 14.3. The summed E-state index contributed by atoms with van der Waals surface area (Å²) in [5, 5.41) is 5.98. The van der Waals surface area contributed by atoms with Crippen LogP contribution in [0.5, 0.6) is 11.5 Å². The van der Waals surface area contributed by atoms with Crippen molar-refractivity contribution in [1.29, 1.82) is 0 Å². The maximum absolute atomic E-state index is 15.0. The van der Waals surface area contributed by atoms with Crippen LogP contribution in [0.25, 0.3) is 43.1 Å². The summed E-state index contributed by atoms with van der Waals surface area (Å²) in [4.78, 5) is 62.7. The Bertz CT molecular complexity index is 2260. The maximum Gasteiger partial charge on any atom is 0.261 e. The Morgan fingerprint density at radius 3 is 1.06 bits per heavy atom. The van der Waals surface area contributed by atoms with Gasteiger partial charge in [-0.1, -0.05) is 143 Å². The summed E-state index contributed by atoms with van der Waals surface area (Å²) in [5.41, 5.74) is 2.00. The Hall–Kier alpha value is -4.72. The van der Waals surface area contributed by atoms with Crippen LogP contribution < -0.4 is 9.47 Å². The summed E-state index contributed by atoms with van der Waals surface area (Å²) in [7, 11) is 0. The fourth-order valence-corrected chi connectivity index (χ4v) is 10.7. The van der Waals surface area contributed by atoms with Gasteiger partial charge in [-0.25, -0.2) is 0 Å². The first-order valence-electron chi connectivity index (χ1n) is 24.6. The van der Waals surface area contributed by atoms with Crippen LogP contribution in [0.15, 0.2) is 36.4 Å². The van der Waals surface area contributed by atoms with Gasteiger partial charge in [0, 0.05) is 50.1 Å². The van der Waals surface area contributed by atoms with Crippen molar-refractivity contribution in [3.63, 3.8) is 0 Å². The molecular weight excluding hydrogens is 773 g/mol. The van der Waals surface area contributed by atoms with Gasteiger partial charge in [0.25, 0.3) is 23.6 Å². The Morgan fingerprint density at radius 2 is 0.726 bits per heavy atom. The predicted molar refractivity (Wildman–Crippen MR) is 254 cm³/mol. The molecular formula is C54H70N2O6. The number of fused-ring (bicyclic) bond motifs is 2. The molecule has 2 heterocycles. The van der Waals surface area contributed by atoms with E-state index in [1.54, 1.807) is 9.80 Å². The molecule has 0 saturated heterocycles. The smallest absolute Gasteiger partial charge is 0.261 e. The van der Waals surface area contributed by atoms with Gasteiger partial charge in [0.2, 0.25) is 0 Å². The van der Waals surface area contributed by atoms with Crippen LogP contribution >= 0.6 is 0 Å². The highest BCUT2D eigenvalue weighted by molar-refractivity contribution is 6.43. The second-order valence-corrected chi connectivity index (χ2v) is 17.9. The van der Waals surface area contributed by atoms with E-state index in [0.29, 0.717) is 57.7 Å². The second kappa shape index (κ2) is 20.6. The molecule has 0 spiro atoms. The monoisotopic (exact) mass is 843 g/mol. The molecule has 0 aromatic heterocycles. The summed E-state index contributed by atoms with van der Waals surface area (Å²) in [6.45, 7) is 13.4. The highest BCUT2D eigenvalue weighted by atomic mass is 16.5. The molecule has 5 aromatic carbocycles. The summed E-state index contributed by atoms with van der Waals surface area (Å²) in [6.07, 6.45) is 20.4. The van der Waals surface area contributed by atoms with E-state index < -0.39 is 0 Å². The first-order chi connectivity index (χ1) is 30.3. The van der Waals surface area contributed by atoms with Crippen molar-refractivity contribution in [1.82, 2.24) is 9.80 Å². The standard InChI is InChI=1S/C54H70N2O6/c1-7-13-17-21-25-35(26-22-18-14-8-2)55-51(57)39-31-29-37-45-38(30-32-40(46(39)45)52(55)58)49-44(62-12-6)34-42-47-41(33-43(61-11-5)48(37)50(47)49)53(59)56(54(42)60)36(27-23-19-15-9-3)28-24-20-16-10-4/h29-36H,7-28H2,1-6H3. The van der Waals surface area contributed by atoms with Gasteiger partial charge in [-0.2, -0.15) is 0 Å². The molecule has 4 amide bonds. The van der Waals surface area contributed by atoms with Crippen LogP contribution in [0, 0.1) is 0 Å².